The lowest BCUT2D eigenvalue weighted by Gasteiger charge is -2.32. The fraction of sp³-hybridized carbons (Fsp3) is 0.727. The summed E-state index contributed by atoms with van der Waals surface area (Å²) in [6.07, 6.45) is 4.10. The Balaban J connectivity index is 1.48. The van der Waals surface area contributed by atoms with Crippen LogP contribution in [0.25, 0.3) is 0 Å². The average molecular weight is 376 g/mol. The second kappa shape index (κ2) is 11.0. The third kappa shape index (κ3) is 6.75. The number of hydrogen-bond donors (Lipinski definition) is 0. The van der Waals surface area contributed by atoms with Gasteiger partial charge in [-0.1, -0.05) is 25.1 Å². The van der Waals surface area contributed by atoms with Gasteiger partial charge in [0, 0.05) is 58.0 Å². The molecule has 5 heteroatoms. The molecule has 2 fully saturated rings. The van der Waals surface area contributed by atoms with E-state index in [0.717, 1.165) is 71.3 Å². The van der Waals surface area contributed by atoms with E-state index >= 15 is 0 Å². The number of nitrogens with zero attached hydrogens (tertiary/aromatic N) is 3. The van der Waals surface area contributed by atoms with E-state index in [9.17, 15) is 0 Å². The standard InChI is InChI=1S/C22H37N3O2/c1-3-24(19-21-9-6-7-16-26-21)18-20-8-4-5-10-22(20)27-17-15-25-13-11-23(2)12-14-25/h4-5,8,10,21H,3,6-7,9,11-19H2,1-2H3. The van der Waals surface area contributed by atoms with Crippen molar-refractivity contribution >= 4 is 0 Å². The molecule has 2 aliphatic rings. The smallest absolute Gasteiger partial charge is 0.123 e. The Hall–Kier alpha value is -1.14. The summed E-state index contributed by atoms with van der Waals surface area (Å²) < 4.78 is 12.1. The van der Waals surface area contributed by atoms with Crippen LogP contribution in [0, 0.1) is 0 Å². The summed E-state index contributed by atoms with van der Waals surface area (Å²) in [6, 6.07) is 8.52. The van der Waals surface area contributed by atoms with E-state index in [1.54, 1.807) is 0 Å². The van der Waals surface area contributed by atoms with E-state index in [0.29, 0.717) is 6.10 Å². The minimum absolute atomic E-state index is 0.393. The zero-order valence-electron chi connectivity index (χ0n) is 17.2. The molecule has 2 heterocycles. The normalized spacial score (nSPS) is 22.3. The van der Waals surface area contributed by atoms with Gasteiger partial charge in [0.2, 0.25) is 0 Å². The van der Waals surface area contributed by atoms with Gasteiger partial charge in [-0.2, -0.15) is 0 Å². The van der Waals surface area contributed by atoms with Crippen molar-refractivity contribution in [2.45, 2.75) is 38.8 Å². The van der Waals surface area contributed by atoms with Crippen LogP contribution in [0.3, 0.4) is 0 Å². The summed E-state index contributed by atoms with van der Waals surface area (Å²) in [6.45, 7) is 12.5. The summed E-state index contributed by atoms with van der Waals surface area (Å²) in [5, 5.41) is 0. The molecular formula is C22H37N3O2. The Labute approximate surface area is 165 Å². The van der Waals surface area contributed by atoms with Crippen LogP contribution in [0.5, 0.6) is 5.75 Å². The molecule has 1 aromatic carbocycles. The Kier molecular flexibility index (Phi) is 8.39. The maximum atomic E-state index is 6.19. The molecule has 27 heavy (non-hydrogen) atoms. The average Bonchev–Trinajstić information content (AvgIpc) is 2.71. The molecule has 2 saturated heterocycles. The van der Waals surface area contributed by atoms with Gasteiger partial charge >= 0.3 is 0 Å². The molecule has 1 unspecified atom stereocenters. The third-order valence-corrected chi connectivity index (χ3v) is 5.81. The van der Waals surface area contributed by atoms with Crippen molar-refractivity contribution in [3.05, 3.63) is 29.8 Å². The highest BCUT2D eigenvalue weighted by Gasteiger charge is 2.18. The summed E-state index contributed by atoms with van der Waals surface area (Å²) in [5.41, 5.74) is 1.29. The number of piperazine rings is 1. The predicted octanol–water partition coefficient (Wildman–Crippen LogP) is 2.70. The van der Waals surface area contributed by atoms with Gasteiger partial charge in [0.1, 0.15) is 12.4 Å². The van der Waals surface area contributed by atoms with Crippen molar-refractivity contribution in [2.24, 2.45) is 0 Å². The van der Waals surface area contributed by atoms with Crippen molar-refractivity contribution in [1.82, 2.24) is 14.7 Å². The largest absolute Gasteiger partial charge is 0.492 e. The second-order valence-corrected chi connectivity index (χ2v) is 7.92. The van der Waals surface area contributed by atoms with Crippen LogP contribution in [0.1, 0.15) is 31.7 Å². The van der Waals surface area contributed by atoms with Crippen molar-refractivity contribution in [1.29, 1.82) is 0 Å². The Morgan fingerprint density at radius 1 is 1.15 bits per heavy atom. The monoisotopic (exact) mass is 375 g/mol. The first-order valence-electron chi connectivity index (χ1n) is 10.7. The minimum atomic E-state index is 0.393. The van der Waals surface area contributed by atoms with Gasteiger partial charge < -0.3 is 14.4 Å². The van der Waals surface area contributed by atoms with E-state index in [2.05, 4.69) is 52.9 Å². The first-order chi connectivity index (χ1) is 13.2. The molecule has 1 atom stereocenters. The fourth-order valence-electron chi connectivity index (χ4n) is 3.92. The highest BCUT2D eigenvalue weighted by Crippen LogP contribution is 2.21. The van der Waals surface area contributed by atoms with Crippen LogP contribution < -0.4 is 4.74 Å². The summed E-state index contributed by atoms with van der Waals surface area (Å²) >= 11 is 0. The summed E-state index contributed by atoms with van der Waals surface area (Å²) in [4.78, 5) is 7.38. The summed E-state index contributed by atoms with van der Waals surface area (Å²) in [7, 11) is 2.20. The number of rotatable bonds is 9. The SMILES string of the molecule is CCN(Cc1ccccc1OCCN1CCN(C)CC1)CC1CCCCO1. The van der Waals surface area contributed by atoms with E-state index in [1.807, 2.05) is 0 Å². The first kappa shape index (κ1) is 20.6. The maximum Gasteiger partial charge on any atom is 0.123 e. The number of benzene rings is 1. The molecule has 0 spiro atoms. The number of hydrogen-bond acceptors (Lipinski definition) is 5. The van der Waals surface area contributed by atoms with Gasteiger partial charge in [-0.05, 0) is 38.9 Å². The van der Waals surface area contributed by atoms with Crippen LogP contribution in [0.15, 0.2) is 24.3 Å². The lowest BCUT2D eigenvalue weighted by molar-refractivity contribution is -0.00636. The van der Waals surface area contributed by atoms with Crippen LogP contribution >= 0.6 is 0 Å². The molecule has 152 valence electrons. The Morgan fingerprint density at radius 3 is 2.70 bits per heavy atom. The van der Waals surface area contributed by atoms with Crippen LogP contribution in [0.4, 0.5) is 0 Å². The fourth-order valence-corrected chi connectivity index (χ4v) is 3.92. The second-order valence-electron chi connectivity index (χ2n) is 7.92. The van der Waals surface area contributed by atoms with Gasteiger partial charge in [-0.3, -0.25) is 9.80 Å². The number of para-hydroxylation sites is 1. The maximum absolute atomic E-state index is 6.19. The molecular weight excluding hydrogens is 338 g/mol. The zero-order chi connectivity index (χ0) is 18.9. The third-order valence-electron chi connectivity index (χ3n) is 5.81. The highest BCUT2D eigenvalue weighted by molar-refractivity contribution is 5.33. The molecule has 0 saturated carbocycles. The quantitative estimate of drug-likeness (QED) is 0.662. The molecule has 5 nitrogen and oxygen atoms in total. The van der Waals surface area contributed by atoms with Gasteiger partial charge in [-0.25, -0.2) is 0 Å². The Morgan fingerprint density at radius 2 is 1.96 bits per heavy atom. The molecule has 0 bridgehead atoms. The van der Waals surface area contributed by atoms with Crippen LogP contribution in [0.2, 0.25) is 0 Å². The molecule has 3 rings (SSSR count). The van der Waals surface area contributed by atoms with Crippen molar-refractivity contribution in [3.63, 3.8) is 0 Å². The lowest BCUT2D eigenvalue weighted by atomic mass is 10.1. The molecule has 0 aliphatic carbocycles. The van der Waals surface area contributed by atoms with Gasteiger partial charge in [0.25, 0.3) is 0 Å². The van der Waals surface area contributed by atoms with Crippen molar-refractivity contribution in [2.75, 3.05) is 66.1 Å². The molecule has 0 N–H and O–H groups in total. The first-order valence-corrected chi connectivity index (χ1v) is 10.7. The molecule has 0 radical (unpaired) electrons. The van der Waals surface area contributed by atoms with Crippen LogP contribution in [-0.2, 0) is 11.3 Å². The molecule has 2 aliphatic heterocycles. The molecule has 1 aromatic rings. The van der Waals surface area contributed by atoms with E-state index in [4.69, 9.17) is 9.47 Å². The van der Waals surface area contributed by atoms with Gasteiger partial charge in [0.05, 0.1) is 6.10 Å². The topological polar surface area (TPSA) is 28.2 Å². The Bertz CT molecular complexity index is 540. The lowest BCUT2D eigenvalue weighted by Crippen LogP contribution is -2.45. The van der Waals surface area contributed by atoms with Crippen molar-refractivity contribution < 1.29 is 9.47 Å². The van der Waals surface area contributed by atoms with Gasteiger partial charge in [0.15, 0.2) is 0 Å². The minimum Gasteiger partial charge on any atom is -0.492 e. The number of ether oxygens (including phenoxy) is 2. The highest BCUT2D eigenvalue weighted by atomic mass is 16.5. The van der Waals surface area contributed by atoms with Crippen LogP contribution in [-0.4, -0.2) is 86.9 Å². The van der Waals surface area contributed by atoms with E-state index < -0.39 is 0 Å². The zero-order valence-corrected chi connectivity index (χ0v) is 17.2. The number of likely N-dealkylation sites (N-methyl/N-ethyl adjacent to an activating group) is 2. The molecule has 0 amide bonds. The predicted molar refractivity (Wildman–Crippen MR) is 110 cm³/mol. The van der Waals surface area contributed by atoms with E-state index in [-0.39, 0.29) is 0 Å². The summed E-state index contributed by atoms with van der Waals surface area (Å²) in [5.74, 6) is 1.04. The van der Waals surface area contributed by atoms with Crippen molar-refractivity contribution in [3.8, 4) is 5.75 Å². The molecule has 0 aromatic heterocycles. The van der Waals surface area contributed by atoms with E-state index in [1.165, 1.54) is 24.8 Å². The van der Waals surface area contributed by atoms with Gasteiger partial charge in [-0.15, -0.1) is 0 Å².